The van der Waals surface area contributed by atoms with Crippen LogP contribution in [0.15, 0.2) is 48.5 Å². The molecule has 2 amide bonds. The monoisotopic (exact) mass is 404 g/mol. The number of methoxy groups -OCH3 is 1. The molecule has 0 saturated carbocycles. The van der Waals surface area contributed by atoms with Crippen LogP contribution in [0.3, 0.4) is 0 Å². The highest BCUT2D eigenvalue weighted by Gasteiger charge is 2.26. The van der Waals surface area contributed by atoms with Gasteiger partial charge in [-0.05, 0) is 42.3 Å². The lowest BCUT2D eigenvalue weighted by Crippen LogP contribution is -2.48. The molecule has 2 aromatic carbocycles. The standard InChI is InChI=1S/C21H25ClN2O4/c1-15(21(27)23-11-12-25)24(14-17-5-9-19(28-2)10-6-17)20(26)13-16-3-7-18(22)8-4-16/h3-10,15,25H,11-14H2,1-2H3,(H,23,27). The van der Waals surface area contributed by atoms with E-state index in [2.05, 4.69) is 5.32 Å². The Balaban J connectivity index is 2.18. The van der Waals surface area contributed by atoms with Crippen LogP contribution in [0.4, 0.5) is 0 Å². The van der Waals surface area contributed by atoms with Crippen LogP contribution in [0.25, 0.3) is 0 Å². The Morgan fingerprint density at radius 2 is 1.71 bits per heavy atom. The van der Waals surface area contributed by atoms with Crippen LogP contribution in [-0.4, -0.2) is 48.1 Å². The molecule has 0 aliphatic heterocycles. The third kappa shape index (κ3) is 6.25. The zero-order chi connectivity index (χ0) is 20.5. The average Bonchev–Trinajstić information content (AvgIpc) is 2.71. The molecule has 0 aliphatic rings. The molecule has 0 fully saturated rings. The van der Waals surface area contributed by atoms with E-state index in [9.17, 15) is 9.59 Å². The lowest BCUT2D eigenvalue weighted by atomic mass is 10.1. The first-order chi connectivity index (χ1) is 13.4. The van der Waals surface area contributed by atoms with Gasteiger partial charge in [-0.15, -0.1) is 0 Å². The van der Waals surface area contributed by atoms with Gasteiger partial charge in [0.25, 0.3) is 0 Å². The summed E-state index contributed by atoms with van der Waals surface area (Å²) in [5, 5.41) is 12.2. The van der Waals surface area contributed by atoms with Crippen LogP contribution in [0.1, 0.15) is 18.1 Å². The average molecular weight is 405 g/mol. The van der Waals surface area contributed by atoms with Gasteiger partial charge in [0, 0.05) is 18.1 Å². The van der Waals surface area contributed by atoms with E-state index in [0.29, 0.717) is 5.02 Å². The fourth-order valence-electron chi connectivity index (χ4n) is 2.72. The summed E-state index contributed by atoms with van der Waals surface area (Å²) in [6.45, 7) is 1.95. The highest BCUT2D eigenvalue weighted by atomic mass is 35.5. The number of benzene rings is 2. The van der Waals surface area contributed by atoms with E-state index in [0.717, 1.165) is 16.9 Å². The number of ether oxygens (including phenoxy) is 1. The molecule has 0 radical (unpaired) electrons. The van der Waals surface area contributed by atoms with Gasteiger partial charge in [0.1, 0.15) is 11.8 Å². The minimum atomic E-state index is -0.687. The summed E-state index contributed by atoms with van der Waals surface area (Å²) in [5.41, 5.74) is 1.70. The van der Waals surface area contributed by atoms with Crippen molar-refractivity contribution in [3.05, 3.63) is 64.7 Å². The van der Waals surface area contributed by atoms with Crippen molar-refractivity contribution >= 4 is 23.4 Å². The quantitative estimate of drug-likeness (QED) is 0.672. The number of rotatable bonds is 9. The van der Waals surface area contributed by atoms with Crippen molar-refractivity contribution in [3.63, 3.8) is 0 Å². The second kappa shape index (κ2) is 10.7. The largest absolute Gasteiger partial charge is 0.497 e. The van der Waals surface area contributed by atoms with Crippen LogP contribution >= 0.6 is 11.6 Å². The molecule has 28 heavy (non-hydrogen) atoms. The Morgan fingerprint density at radius 3 is 2.29 bits per heavy atom. The summed E-state index contributed by atoms with van der Waals surface area (Å²) in [7, 11) is 1.59. The van der Waals surface area contributed by atoms with Crippen molar-refractivity contribution in [2.24, 2.45) is 0 Å². The first-order valence-corrected chi connectivity index (χ1v) is 9.37. The van der Waals surface area contributed by atoms with Gasteiger partial charge in [0.2, 0.25) is 11.8 Å². The lowest BCUT2D eigenvalue weighted by molar-refractivity contribution is -0.140. The van der Waals surface area contributed by atoms with Crippen molar-refractivity contribution in [3.8, 4) is 5.75 Å². The SMILES string of the molecule is COc1ccc(CN(C(=O)Cc2ccc(Cl)cc2)C(C)C(=O)NCCO)cc1. The van der Waals surface area contributed by atoms with Gasteiger partial charge >= 0.3 is 0 Å². The molecule has 0 saturated heterocycles. The number of carbonyl (C=O) groups is 2. The number of aliphatic hydroxyl groups excluding tert-OH is 1. The van der Waals surface area contributed by atoms with Gasteiger partial charge in [0.15, 0.2) is 0 Å². The van der Waals surface area contributed by atoms with E-state index in [1.165, 1.54) is 4.90 Å². The van der Waals surface area contributed by atoms with Gasteiger partial charge in [-0.3, -0.25) is 9.59 Å². The number of hydrogen-bond acceptors (Lipinski definition) is 4. The minimum absolute atomic E-state index is 0.144. The number of amides is 2. The zero-order valence-electron chi connectivity index (χ0n) is 16.0. The van der Waals surface area contributed by atoms with Gasteiger partial charge in [0.05, 0.1) is 20.1 Å². The Kier molecular flexibility index (Phi) is 8.29. The summed E-state index contributed by atoms with van der Waals surface area (Å²) in [4.78, 5) is 26.9. The first-order valence-electron chi connectivity index (χ1n) is 9.00. The molecule has 150 valence electrons. The van der Waals surface area contributed by atoms with Crippen molar-refractivity contribution in [2.45, 2.75) is 25.9 Å². The molecule has 0 aromatic heterocycles. The number of aliphatic hydroxyl groups is 1. The highest BCUT2D eigenvalue weighted by molar-refractivity contribution is 6.30. The van der Waals surface area contributed by atoms with Gasteiger partial charge < -0.3 is 20.1 Å². The lowest BCUT2D eigenvalue weighted by Gasteiger charge is -2.29. The number of nitrogens with zero attached hydrogens (tertiary/aromatic N) is 1. The predicted octanol–water partition coefficient (Wildman–Crippen LogP) is 2.42. The maximum Gasteiger partial charge on any atom is 0.242 e. The third-order valence-electron chi connectivity index (χ3n) is 4.36. The smallest absolute Gasteiger partial charge is 0.242 e. The maximum atomic E-state index is 13.0. The Morgan fingerprint density at radius 1 is 1.11 bits per heavy atom. The maximum absolute atomic E-state index is 13.0. The molecular formula is C21H25ClN2O4. The molecule has 0 heterocycles. The first kappa shape index (κ1) is 21.7. The van der Waals surface area contributed by atoms with Crippen LogP contribution < -0.4 is 10.1 Å². The number of hydrogen-bond donors (Lipinski definition) is 2. The summed E-state index contributed by atoms with van der Waals surface area (Å²) >= 11 is 5.90. The second-order valence-electron chi connectivity index (χ2n) is 6.36. The molecule has 2 aromatic rings. The van der Waals surface area contributed by atoms with Crippen LogP contribution in [0, 0.1) is 0 Å². The molecule has 0 spiro atoms. The fourth-order valence-corrected chi connectivity index (χ4v) is 2.84. The van der Waals surface area contributed by atoms with Crippen molar-refractivity contribution < 1.29 is 19.4 Å². The fraction of sp³-hybridized carbons (Fsp3) is 0.333. The Hall–Kier alpha value is -2.57. The number of nitrogens with one attached hydrogen (secondary N) is 1. The normalized spacial score (nSPS) is 11.6. The van der Waals surface area contributed by atoms with E-state index in [1.54, 1.807) is 38.3 Å². The van der Waals surface area contributed by atoms with Gasteiger partial charge in [-0.1, -0.05) is 35.9 Å². The molecule has 1 atom stereocenters. The van der Waals surface area contributed by atoms with Crippen LogP contribution in [0.5, 0.6) is 5.75 Å². The second-order valence-corrected chi connectivity index (χ2v) is 6.80. The summed E-state index contributed by atoms with van der Waals surface area (Å²) < 4.78 is 5.16. The molecule has 7 heteroatoms. The highest BCUT2D eigenvalue weighted by Crippen LogP contribution is 2.17. The summed E-state index contributed by atoms with van der Waals surface area (Å²) in [6, 6.07) is 13.7. The Bertz CT molecular complexity index is 778. The van der Waals surface area contributed by atoms with E-state index >= 15 is 0 Å². The van der Waals surface area contributed by atoms with E-state index in [1.807, 2.05) is 24.3 Å². The molecule has 6 nitrogen and oxygen atoms in total. The van der Waals surface area contributed by atoms with Crippen molar-refractivity contribution in [2.75, 3.05) is 20.3 Å². The summed E-state index contributed by atoms with van der Waals surface area (Å²) in [5.74, 6) is 0.230. The summed E-state index contributed by atoms with van der Waals surface area (Å²) in [6.07, 6.45) is 0.158. The number of carbonyl (C=O) groups excluding carboxylic acids is 2. The van der Waals surface area contributed by atoms with E-state index in [4.69, 9.17) is 21.4 Å². The van der Waals surface area contributed by atoms with Crippen LogP contribution in [0.2, 0.25) is 5.02 Å². The van der Waals surface area contributed by atoms with Gasteiger partial charge in [-0.25, -0.2) is 0 Å². The molecule has 2 rings (SSSR count). The van der Waals surface area contributed by atoms with E-state index < -0.39 is 6.04 Å². The molecule has 1 unspecified atom stereocenters. The third-order valence-corrected chi connectivity index (χ3v) is 4.61. The Labute approximate surface area is 170 Å². The van der Waals surface area contributed by atoms with E-state index in [-0.39, 0.29) is 37.9 Å². The van der Waals surface area contributed by atoms with Crippen molar-refractivity contribution in [1.29, 1.82) is 0 Å². The van der Waals surface area contributed by atoms with Crippen LogP contribution in [-0.2, 0) is 22.6 Å². The number of halogens is 1. The molecule has 0 aliphatic carbocycles. The predicted molar refractivity (Wildman–Crippen MR) is 108 cm³/mol. The topological polar surface area (TPSA) is 78.9 Å². The molecule has 0 bridgehead atoms. The minimum Gasteiger partial charge on any atom is -0.497 e. The molecular weight excluding hydrogens is 380 g/mol. The molecule has 2 N–H and O–H groups in total. The zero-order valence-corrected chi connectivity index (χ0v) is 16.8. The van der Waals surface area contributed by atoms with Gasteiger partial charge in [-0.2, -0.15) is 0 Å². The van der Waals surface area contributed by atoms with Crippen molar-refractivity contribution in [1.82, 2.24) is 10.2 Å².